The van der Waals surface area contributed by atoms with E-state index >= 15 is 0 Å². The Hall–Kier alpha value is -0.160. The molecule has 0 aromatic rings. The van der Waals surface area contributed by atoms with Crippen LogP contribution >= 0.6 is 0 Å². The summed E-state index contributed by atoms with van der Waals surface area (Å²) in [5.74, 6) is 0.454. The van der Waals surface area contributed by atoms with E-state index in [0.29, 0.717) is 11.8 Å². The van der Waals surface area contributed by atoms with E-state index in [4.69, 9.17) is 19.6 Å². The van der Waals surface area contributed by atoms with Crippen LogP contribution in [0.3, 0.4) is 0 Å². The van der Waals surface area contributed by atoms with Gasteiger partial charge < -0.3 is 0 Å². The van der Waals surface area contributed by atoms with Gasteiger partial charge in [0.15, 0.2) is 0 Å². The highest BCUT2D eigenvalue weighted by Crippen LogP contribution is 2.46. The number of hydrogen-bond acceptors (Lipinski definition) is 4. The molecule has 0 N–H and O–H groups in total. The molecule has 3 unspecified atom stereocenters. The number of rotatable bonds is 14. The quantitative estimate of drug-likeness (QED) is 0.164. The predicted octanol–water partition coefficient (Wildman–Crippen LogP) is 8.00. The van der Waals surface area contributed by atoms with Crippen molar-refractivity contribution < 1.29 is 19.6 Å². The van der Waals surface area contributed by atoms with Crippen molar-refractivity contribution in [3.63, 3.8) is 0 Å². The van der Waals surface area contributed by atoms with Gasteiger partial charge in [0, 0.05) is 12.3 Å². The minimum absolute atomic E-state index is 0.187. The molecule has 0 spiro atoms. The zero-order valence-electron chi connectivity index (χ0n) is 20.9. The fourth-order valence-corrected chi connectivity index (χ4v) is 4.82. The van der Waals surface area contributed by atoms with Gasteiger partial charge in [-0.15, -0.1) is 0 Å². The Bertz CT molecular complexity index is 416. The lowest BCUT2D eigenvalue weighted by Gasteiger charge is -2.48. The highest BCUT2D eigenvalue weighted by Gasteiger charge is 2.51. The van der Waals surface area contributed by atoms with E-state index in [1.165, 1.54) is 0 Å². The van der Waals surface area contributed by atoms with Crippen LogP contribution in [0.1, 0.15) is 127 Å². The van der Waals surface area contributed by atoms with Crippen LogP contribution in [0, 0.1) is 17.8 Å². The second-order valence-electron chi connectivity index (χ2n) is 9.59. The minimum atomic E-state index is -0.849. The highest BCUT2D eigenvalue weighted by atomic mass is 17.3. The zero-order valence-corrected chi connectivity index (χ0v) is 20.9. The van der Waals surface area contributed by atoms with Crippen LogP contribution in [0.5, 0.6) is 0 Å². The Morgan fingerprint density at radius 2 is 1.14 bits per heavy atom. The molecule has 0 heterocycles. The lowest BCUT2D eigenvalue weighted by Crippen LogP contribution is -2.53. The smallest absolute Gasteiger partial charge is 0.227 e. The van der Waals surface area contributed by atoms with Crippen molar-refractivity contribution >= 4 is 0 Å². The Morgan fingerprint density at radius 3 is 1.48 bits per heavy atom. The van der Waals surface area contributed by atoms with Gasteiger partial charge in [-0.05, 0) is 56.8 Å². The van der Waals surface area contributed by atoms with Crippen LogP contribution in [-0.4, -0.2) is 17.0 Å². The molecular weight excluding hydrogens is 364 g/mol. The average Bonchev–Trinajstić information content (AvgIpc) is 2.75. The van der Waals surface area contributed by atoms with Crippen LogP contribution in [-0.2, 0) is 19.6 Å². The Balaban J connectivity index is 3.10. The third kappa shape index (κ3) is 6.41. The molecule has 0 amide bonds. The molecule has 1 aliphatic rings. The van der Waals surface area contributed by atoms with Gasteiger partial charge in [-0.3, -0.25) is 0 Å². The molecule has 0 bridgehead atoms. The van der Waals surface area contributed by atoms with Gasteiger partial charge >= 0.3 is 0 Å². The summed E-state index contributed by atoms with van der Waals surface area (Å²) in [6.45, 7) is 20.0. The largest absolute Gasteiger partial charge is 0.236 e. The van der Waals surface area contributed by atoms with E-state index in [2.05, 4.69) is 62.3 Å². The summed E-state index contributed by atoms with van der Waals surface area (Å²) in [6.07, 6.45) is 9.68. The topological polar surface area (TPSA) is 36.9 Å². The minimum Gasteiger partial charge on any atom is -0.227 e. The summed E-state index contributed by atoms with van der Waals surface area (Å²) in [6, 6.07) is 0. The molecule has 1 aliphatic carbocycles. The van der Waals surface area contributed by atoms with Gasteiger partial charge in [0.1, 0.15) is 11.2 Å². The molecular formula is C25H50O4. The van der Waals surface area contributed by atoms with E-state index in [-0.39, 0.29) is 17.1 Å². The van der Waals surface area contributed by atoms with Crippen LogP contribution in [0.15, 0.2) is 0 Å². The number of hydrogen-bond donors (Lipinski definition) is 0. The molecule has 1 fully saturated rings. The molecule has 174 valence electrons. The second-order valence-corrected chi connectivity index (χ2v) is 9.59. The fraction of sp³-hybridized carbons (Fsp3) is 1.00. The molecule has 0 aliphatic heterocycles. The van der Waals surface area contributed by atoms with Crippen LogP contribution in [0.2, 0.25) is 0 Å². The maximum absolute atomic E-state index is 6.32. The Morgan fingerprint density at radius 1 is 0.724 bits per heavy atom. The normalized spacial score (nSPS) is 25.3. The van der Waals surface area contributed by atoms with Gasteiger partial charge in [0.25, 0.3) is 0 Å². The highest BCUT2D eigenvalue weighted by molar-refractivity contribution is 4.88. The summed E-state index contributed by atoms with van der Waals surface area (Å²) >= 11 is 0. The van der Waals surface area contributed by atoms with E-state index in [1.807, 2.05) is 0 Å². The third-order valence-corrected chi connectivity index (χ3v) is 8.04. The monoisotopic (exact) mass is 414 g/mol. The molecule has 0 saturated heterocycles. The summed E-state index contributed by atoms with van der Waals surface area (Å²) in [4.78, 5) is 25.1. The van der Waals surface area contributed by atoms with Crippen molar-refractivity contribution in [3.05, 3.63) is 0 Å². The van der Waals surface area contributed by atoms with Gasteiger partial charge in [-0.1, -0.05) is 75.2 Å². The molecule has 3 atom stereocenters. The molecule has 4 nitrogen and oxygen atoms in total. The van der Waals surface area contributed by atoms with Crippen molar-refractivity contribution in [1.29, 1.82) is 0 Å². The van der Waals surface area contributed by atoms with Crippen molar-refractivity contribution in [2.24, 2.45) is 17.8 Å². The first kappa shape index (κ1) is 26.9. The second kappa shape index (κ2) is 12.0. The predicted molar refractivity (Wildman–Crippen MR) is 120 cm³/mol. The lowest BCUT2D eigenvalue weighted by molar-refractivity contribution is -0.565. The lowest BCUT2D eigenvalue weighted by atomic mass is 9.71. The van der Waals surface area contributed by atoms with Gasteiger partial charge in [-0.25, -0.2) is 9.78 Å². The molecule has 1 saturated carbocycles. The fourth-order valence-electron chi connectivity index (χ4n) is 4.82. The molecule has 0 aromatic carbocycles. The van der Waals surface area contributed by atoms with Crippen LogP contribution in [0.25, 0.3) is 0 Å². The van der Waals surface area contributed by atoms with Crippen molar-refractivity contribution in [1.82, 2.24) is 0 Å². The molecule has 4 heteroatoms. The molecule has 29 heavy (non-hydrogen) atoms. The van der Waals surface area contributed by atoms with Crippen molar-refractivity contribution in [3.8, 4) is 0 Å². The van der Waals surface area contributed by atoms with Gasteiger partial charge in [0.2, 0.25) is 5.79 Å². The maximum Gasteiger partial charge on any atom is 0.236 e. The Labute approximate surface area is 181 Å². The summed E-state index contributed by atoms with van der Waals surface area (Å²) in [5, 5.41) is 0. The summed E-state index contributed by atoms with van der Waals surface area (Å²) in [7, 11) is 0. The average molecular weight is 415 g/mol. The van der Waals surface area contributed by atoms with Gasteiger partial charge in [-0.2, -0.15) is 9.78 Å². The van der Waals surface area contributed by atoms with Crippen molar-refractivity contribution in [2.45, 2.75) is 144 Å². The SMILES string of the molecule is CCCC(CC)(CC)OOC1(OOC(CC)(CC)CCC)CCC(C)C(C)C1C. The molecule has 1 rings (SSSR count). The molecule has 0 radical (unpaired) electrons. The first-order valence-corrected chi connectivity index (χ1v) is 12.5. The van der Waals surface area contributed by atoms with Crippen molar-refractivity contribution in [2.75, 3.05) is 0 Å². The van der Waals surface area contributed by atoms with E-state index < -0.39 is 5.79 Å². The van der Waals surface area contributed by atoms with E-state index in [9.17, 15) is 0 Å². The third-order valence-electron chi connectivity index (χ3n) is 8.04. The standard InChI is InChI=1S/C25H50O4/c1-10-17-23(12-3,13-4)26-28-25(19-16-20(7)21(8)22(25)9)29-27-24(14-5,15-6)18-11-2/h20-22H,10-19H2,1-9H3. The first-order valence-electron chi connectivity index (χ1n) is 12.5. The molecule has 0 aromatic heterocycles. The van der Waals surface area contributed by atoms with Gasteiger partial charge in [0.05, 0.1) is 0 Å². The summed E-state index contributed by atoms with van der Waals surface area (Å²) in [5.41, 5.74) is -0.514. The Kier molecular flexibility index (Phi) is 11.1. The van der Waals surface area contributed by atoms with Crippen LogP contribution < -0.4 is 0 Å². The first-order chi connectivity index (χ1) is 13.7. The maximum atomic E-state index is 6.32. The summed E-state index contributed by atoms with van der Waals surface area (Å²) < 4.78 is 0. The zero-order chi connectivity index (χ0) is 22.1. The van der Waals surface area contributed by atoms with E-state index in [0.717, 1.165) is 64.2 Å². The van der Waals surface area contributed by atoms with E-state index in [1.54, 1.807) is 0 Å². The van der Waals surface area contributed by atoms with Crippen LogP contribution in [0.4, 0.5) is 0 Å².